The Morgan fingerprint density at radius 1 is 1.14 bits per heavy atom. The molecule has 1 aromatic heterocycles. The van der Waals surface area contributed by atoms with Gasteiger partial charge in [-0.15, -0.1) is 0 Å². The van der Waals surface area contributed by atoms with Gasteiger partial charge in [-0.2, -0.15) is 16.7 Å². The molecule has 5 rings (SSSR count). The first-order valence-corrected chi connectivity index (χ1v) is 15.0. The van der Waals surface area contributed by atoms with Crippen LogP contribution in [0.25, 0.3) is 0 Å². The predicted molar refractivity (Wildman–Crippen MR) is 138 cm³/mol. The molecule has 2 aliphatic heterocycles. The molecule has 0 bridgehead atoms. The van der Waals surface area contributed by atoms with Gasteiger partial charge in [-0.05, 0) is 71.9 Å². The molecule has 2 saturated carbocycles. The highest BCUT2D eigenvalue weighted by Crippen LogP contribution is 2.48. The molecular formula is C27H41F3N4O2S. The SMILES string of the molecule is CC(C)N1CCC(S[C@H]2CCCC(F)(F)[C@@H]2CC(=O)N2CCC(C)(c3noc([C@@H]4C[C@@H]4F)n3)CC2)CC1. The summed E-state index contributed by atoms with van der Waals surface area (Å²) >= 11 is 1.73. The molecule has 1 aromatic rings. The number of hydrogen-bond donors (Lipinski definition) is 0. The number of amides is 1. The third-order valence-electron chi connectivity index (χ3n) is 9.19. The topological polar surface area (TPSA) is 62.5 Å². The summed E-state index contributed by atoms with van der Waals surface area (Å²) in [6.07, 6.45) is 3.95. The van der Waals surface area contributed by atoms with Gasteiger partial charge in [-0.3, -0.25) is 4.79 Å². The molecule has 4 atom stereocenters. The van der Waals surface area contributed by atoms with Crippen molar-refractivity contribution in [2.75, 3.05) is 26.2 Å². The van der Waals surface area contributed by atoms with Crippen LogP contribution in [0.2, 0.25) is 0 Å². The van der Waals surface area contributed by atoms with E-state index in [-0.39, 0.29) is 35.3 Å². The van der Waals surface area contributed by atoms with Crippen molar-refractivity contribution in [3.05, 3.63) is 11.7 Å². The summed E-state index contributed by atoms with van der Waals surface area (Å²) in [6, 6.07) is 0.518. The fourth-order valence-corrected chi connectivity index (χ4v) is 8.02. The van der Waals surface area contributed by atoms with Crippen LogP contribution in [-0.4, -0.2) is 80.7 Å². The van der Waals surface area contributed by atoms with Crippen LogP contribution in [0, 0.1) is 5.92 Å². The lowest BCUT2D eigenvalue weighted by Crippen LogP contribution is -2.48. The molecule has 3 heterocycles. The maximum atomic E-state index is 15.2. The molecule has 0 unspecified atom stereocenters. The number of carbonyl (C=O) groups is 1. The number of alkyl halides is 3. The first kappa shape index (κ1) is 27.3. The van der Waals surface area contributed by atoms with E-state index in [0.29, 0.717) is 61.8 Å². The quantitative estimate of drug-likeness (QED) is 0.449. The summed E-state index contributed by atoms with van der Waals surface area (Å²) in [7, 11) is 0. The number of rotatable bonds is 7. The Balaban J connectivity index is 1.17. The lowest BCUT2D eigenvalue weighted by Gasteiger charge is -2.42. The van der Waals surface area contributed by atoms with Crippen molar-refractivity contribution in [3.8, 4) is 0 Å². The van der Waals surface area contributed by atoms with Crippen molar-refractivity contribution in [1.29, 1.82) is 0 Å². The maximum absolute atomic E-state index is 15.2. The number of carbonyl (C=O) groups excluding carboxylic acids is 1. The minimum absolute atomic E-state index is 0.0852. The average molecular weight is 543 g/mol. The maximum Gasteiger partial charge on any atom is 0.252 e. The number of nitrogens with zero attached hydrogens (tertiary/aromatic N) is 4. The van der Waals surface area contributed by atoms with Crippen LogP contribution >= 0.6 is 11.8 Å². The van der Waals surface area contributed by atoms with Crippen molar-refractivity contribution in [2.24, 2.45) is 5.92 Å². The second-order valence-corrected chi connectivity index (χ2v) is 13.8. The Morgan fingerprint density at radius 2 is 1.81 bits per heavy atom. The molecule has 4 fully saturated rings. The number of aromatic nitrogens is 2. The van der Waals surface area contributed by atoms with E-state index < -0.39 is 18.0 Å². The Morgan fingerprint density at radius 3 is 2.43 bits per heavy atom. The van der Waals surface area contributed by atoms with E-state index >= 15 is 8.78 Å². The minimum Gasteiger partial charge on any atom is -0.343 e. The van der Waals surface area contributed by atoms with E-state index in [1.165, 1.54) is 0 Å². The molecule has 0 aromatic carbocycles. The molecule has 2 aliphatic carbocycles. The Kier molecular flexibility index (Phi) is 7.89. The van der Waals surface area contributed by atoms with Gasteiger partial charge >= 0.3 is 0 Å². The minimum atomic E-state index is -2.80. The van der Waals surface area contributed by atoms with E-state index in [1.807, 2.05) is 6.92 Å². The Hall–Kier alpha value is -1.29. The third kappa shape index (κ3) is 5.99. The largest absolute Gasteiger partial charge is 0.343 e. The predicted octanol–water partition coefficient (Wildman–Crippen LogP) is 5.58. The van der Waals surface area contributed by atoms with Crippen molar-refractivity contribution in [3.63, 3.8) is 0 Å². The highest BCUT2D eigenvalue weighted by molar-refractivity contribution is 8.00. The first-order valence-electron chi connectivity index (χ1n) is 14.1. The molecule has 0 N–H and O–H groups in total. The lowest BCUT2D eigenvalue weighted by atomic mass is 9.79. The van der Waals surface area contributed by atoms with Gasteiger partial charge in [0.05, 0.1) is 5.92 Å². The standard InChI is InChI=1S/C27H41F3N4O2S/c1-17(2)33-11-6-18(7-12-33)37-22-5-4-8-27(29,30)20(22)16-23(35)34-13-9-26(3,10-14-34)25-31-24(36-32-25)19-15-21(19)28/h17-22H,4-16H2,1-3H3/t19-,20-,21+,22+/m1/s1. The molecule has 0 radical (unpaired) electrons. The fraction of sp³-hybridized carbons (Fsp3) is 0.889. The van der Waals surface area contributed by atoms with Gasteiger partial charge in [0, 0.05) is 53.8 Å². The lowest BCUT2D eigenvalue weighted by molar-refractivity contribution is -0.141. The van der Waals surface area contributed by atoms with Crippen molar-refractivity contribution >= 4 is 17.7 Å². The number of likely N-dealkylation sites (tertiary alicyclic amines) is 2. The Bertz CT molecular complexity index is 944. The molecule has 10 heteroatoms. The third-order valence-corrected chi connectivity index (χ3v) is 11.0. The average Bonchev–Trinajstić information content (AvgIpc) is 3.37. The van der Waals surface area contributed by atoms with E-state index in [9.17, 15) is 9.18 Å². The zero-order valence-electron chi connectivity index (χ0n) is 22.3. The van der Waals surface area contributed by atoms with Gasteiger partial charge < -0.3 is 14.3 Å². The monoisotopic (exact) mass is 542 g/mol. The van der Waals surface area contributed by atoms with Gasteiger partial charge in [0.15, 0.2) is 5.82 Å². The molecule has 2 saturated heterocycles. The van der Waals surface area contributed by atoms with Crippen LogP contribution in [0.15, 0.2) is 4.52 Å². The molecule has 37 heavy (non-hydrogen) atoms. The zero-order chi connectivity index (χ0) is 26.4. The number of halogens is 3. The van der Waals surface area contributed by atoms with Gasteiger partial charge in [0.25, 0.3) is 5.92 Å². The molecule has 4 aliphatic rings. The van der Waals surface area contributed by atoms with Crippen molar-refractivity contribution in [1.82, 2.24) is 19.9 Å². The fourth-order valence-electron chi connectivity index (χ4n) is 6.26. The van der Waals surface area contributed by atoms with Gasteiger partial charge in [-0.1, -0.05) is 12.1 Å². The number of hydrogen-bond acceptors (Lipinski definition) is 6. The molecule has 1 amide bonds. The van der Waals surface area contributed by atoms with E-state index in [4.69, 9.17) is 4.52 Å². The number of thioether (sulfide) groups is 1. The van der Waals surface area contributed by atoms with Crippen molar-refractivity contribution < 1.29 is 22.5 Å². The highest BCUT2D eigenvalue weighted by Gasteiger charge is 2.50. The summed E-state index contributed by atoms with van der Waals surface area (Å²) in [5.41, 5.74) is -0.364. The molecule has 6 nitrogen and oxygen atoms in total. The van der Waals surface area contributed by atoms with Crippen molar-refractivity contribution in [2.45, 2.75) is 119 Å². The second-order valence-electron chi connectivity index (χ2n) is 12.2. The van der Waals surface area contributed by atoms with Gasteiger partial charge in [0.2, 0.25) is 11.8 Å². The number of piperidine rings is 2. The smallest absolute Gasteiger partial charge is 0.252 e. The normalized spacial score (nSPS) is 32.6. The molecule has 208 valence electrons. The summed E-state index contributed by atoms with van der Waals surface area (Å²) in [5, 5.41) is 4.33. The van der Waals surface area contributed by atoms with E-state index in [2.05, 4.69) is 28.9 Å². The van der Waals surface area contributed by atoms with Gasteiger partial charge in [0.1, 0.15) is 6.17 Å². The van der Waals surface area contributed by atoms with Crippen LogP contribution in [0.5, 0.6) is 0 Å². The summed E-state index contributed by atoms with van der Waals surface area (Å²) in [6.45, 7) is 9.45. The second kappa shape index (κ2) is 10.7. The zero-order valence-corrected chi connectivity index (χ0v) is 23.1. The van der Waals surface area contributed by atoms with E-state index in [0.717, 1.165) is 32.4 Å². The summed E-state index contributed by atoms with van der Waals surface area (Å²) < 4.78 is 49.0. The highest BCUT2D eigenvalue weighted by atomic mass is 32.2. The van der Waals surface area contributed by atoms with Crippen LogP contribution in [-0.2, 0) is 10.2 Å². The summed E-state index contributed by atoms with van der Waals surface area (Å²) in [4.78, 5) is 21.9. The van der Waals surface area contributed by atoms with Crippen LogP contribution in [0.3, 0.4) is 0 Å². The summed E-state index contributed by atoms with van der Waals surface area (Å²) in [5.74, 6) is -3.22. The Labute approximate surface area is 222 Å². The first-order chi connectivity index (χ1) is 17.6. The van der Waals surface area contributed by atoms with Crippen LogP contribution in [0.1, 0.15) is 96.2 Å². The van der Waals surface area contributed by atoms with Crippen LogP contribution in [0.4, 0.5) is 13.2 Å². The molecule has 0 spiro atoms. The molecular weight excluding hydrogens is 501 g/mol. The van der Waals surface area contributed by atoms with E-state index in [1.54, 1.807) is 16.7 Å². The van der Waals surface area contributed by atoms with Gasteiger partial charge in [-0.25, -0.2) is 13.2 Å². The van der Waals surface area contributed by atoms with Crippen LogP contribution < -0.4 is 0 Å².